The van der Waals surface area contributed by atoms with Gasteiger partial charge in [0.1, 0.15) is 0 Å². The van der Waals surface area contributed by atoms with Crippen molar-refractivity contribution in [3.05, 3.63) is 41.5 Å². The maximum absolute atomic E-state index is 2.58. The summed E-state index contributed by atoms with van der Waals surface area (Å²) in [5.74, 6) is -0.488. The summed E-state index contributed by atoms with van der Waals surface area (Å²) in [4.78, 5) is 0. The first kappa shape index (κ1) is 19.6. The quantitative estimate of drug-likeness (QED) is 0.510. The molecular weight excluding hydrogens is 370 g/mol. The molecule has 0 aromatic carbocycles. The Morgan fingerprint density at radius 1 is 1.00 bits per heavy atom. The van der Waals surface area contributed by atoms with Crippen LogP contribution in [0.5, 0.6) is 0 Å². The zero-order valence-corrected chi connectivity index (χ0v) is 17.6. The summed E-state index contributed by atoms with van der Waals surface area (Å²) in [6.07, 6.45) is 9.77. The molecule has 0 spiro atoms. The Kier molecular flexibility index (Phi) is 8.45. The second-order valence-electron chi connectivity index (χ2n) is 5.53. The van der Waals surface area contributed by atoms with E-state index in [1.54, 1.807) is 16.7 Å². The van der Waals surface area contributed by atoms with Crippen molar-refractivity contribution < 1.29 is 45.7 Å². The number of hydrogen-bond acceptors (Lipinski definition) is 0. The summed E-state index contributed by atoms with van der Waals surface area (Å²) in [6.45, 7) is 12.2. The number of allylic oxidation sites excluding steroid dienone is 8. The van der Waals surface area contributed by atoms with E-state index in [4.69, 9.17) is 0 Å². The summed E-state index contributed by atoms with van der Waals surface area (Å²) in [5, 5.41) is 0. The molecule has 2 aliphatic carbocycles. The molecule has 0 bridgehead atoms. The SMILES string of the molecule is CC1=CC[C]([Zr+2]([C]2=C(C)C=CC2)[SiH](C)C)=C1C.[Cl-].[Cl-]. The Morgan fingerprint density at radius 3 is 2.00 bits per heavy atom. The van der Waals surface area contributed by atoms with Gasteiger partial charge in [0.05, 0.1) is 0 Å². The molecule has 2 rings (SSSR count). The molecule has 0 aromatic heterocycles. The van der Waals surface area contributed by atoms with Crippen LogP contribution in [-0.2, 0) is 20.9 Å². The predicted octanol–water partition coefficient (Wildman–Crippen LogP) is -1.55. The van der Waals surface area contributed by atoms with Crippen molar-refractivity contribution in [1.29, 1.82) is 0 Å². The van der Waals surface area contributed by atoms with E-state index in [1.165, 1.54) is 12.8 Å². The first-order valence-electron chi connectivity index (χ1n) is 6.63. The summed E-state index contributed by atoms with van der Waals surface area (Å²) < 4.78 is 3.83. The minimum absolute atomic E-state index is 0. The summed E-state index contributed by atoms with van der Waals surface area (Å²) in [6, 6.07) is 0. The van der Waals surface area contributed by atoms with Crippen LogP contribution in [0.15, 0.2) is 41.5 Å². The molecule has 105 valence electrons. The van der Waals surface area contributed by atoms with Crippen LogP contribution >= 0.6 is 0 Å². The fourth-order valence-corrected chi connectivity index (χ4v) is 23.9. The van der Waals surface area contributed by atoms with Crippen LogP contribution in [0.3, 0.4) is 0 Å². The van der Waals surface area contributed by atoms with Crippen LogP contribution in [0.2, 0.25) is 13.1 Å². The molecule has 0 aromatic rings. The third-order valence-corrected chi connectivity index (χ3v) is 23.9. The van der Waals surface area contributed by atoms with Crippen molar-refractivity contribution in [3.63, 3.8) is 0 Å². The van der Waals surface area contributed by atoms with E-state index >= 15 is 0 Å². The molecule has 2 aliphatic rings. The van der Waals surface area contributed by atoms with Crippen molar-refractivity contribution in [2.45, 2.75) is 46.7 Å². The van der Waals surface area contributed by atoms with Crippen LogP contribution in [0.1, 0.15) is 33.6 Å². The Labute approximate surface area is 139 Å². The van der Waals surface area contributed by atoms with Gasteiger partial charge >= 0.3 is 115 Å². The second-order valence-corrected chi connectivity index (χ2v) is 24.8. The average Bonchev–Trinajstić information content (AvgIpc) is 2.80. The molecule has 0 radical (unpaired) electrons. The van der Waals surface area contributed by atoms with Crippen LogP contribution in [0.25, 0.3) is 0 Å². The van der Waals surface area contributed by atoms with Gasteiger partial charge < -0.3 is 24.8 Å². The number of hydrogen-bond donors (Lipinski definition) is 0. The summed E-state index contributed by atoms with van der Waals surface area (Å²) >= 11 is -1.44. The fourth-order valence-electron chi connectivity index (χ4n) is 2.93. The first-order valence-corrected chi connectivity index (χ1v) is 16.2. The van der Waals surface area contributed by atoms with Crippen LogP contribution in [0.4, 0.5) is 0 Å². The fraction of sp³-hybridized carbons (Fsp3) is 0.467. The van der Waals surface area contributed by atoms with Crippen LogP contribution in [0, 0.1) is 0 Å². The molecule has 0 fully saturated rings. The van der Waals surface area contributed by atoms with Gasteiger partial charge in [-0.25, -0.2) is 0 Å². The predicted molar refractivity (Wildman–Crippen MR) is 76.4 cm³/mol. The summed E-state index contributed by atoms with van der Waals surface area (Å²) in [5.41, 5.74) is 4.83. The van der Waals surface area contributed by atoms with Gasteiger partial charge in [0.25, 0.3) is 0 Å². The topological polar surface area (TPSA) is 0 Å². The van der Waals surface area contributed by atoms with Gasteiger partial charge in [-0.05, 0) is 0 Å². The van der Waals surface area contributed by atoms with E-state index in [9.17, 15) is 0 Å². The summed E-state index contributed by atoms with van der Waals surface area (Å²) in [7, 11) is 0. The van der Waals surface area contributed by atoms with E-state index in [0.29, 0.717) is 0 Å². The third kappa shape index (κ3) is 4.06. The third-order valence-electron chi connectivity index (χ3n) is 4.05. The molecule has 0 unspecified atom stereocenters. The zero-order valence-electron chi connectivity index (χ0n) is 12.5. The van der Waals surface area contributed by atoms with Gasteiger partial charge in [-0.3, -0.25) is 0 Å². The van der Waals surface area contributed by atoms with E-state index in [1.807, 2.05) is 6.56 Å². The van der Waals surface area contributed by atoms with Crippen LogP contribution in [-0.4, -0.2) is 5.92 Å². The van der Waals surface area contributed by atoms with Crippen molar-refractivity contribution >= 4 is 5.92 Å². The monoisotopic (exact) mass is 391 g/mol. The Balaban J connectivity index is 0.00000162. The van der Waals surface area contributed by atoms with E-state index < -0.39 is 26.8 Å². The molecular formula is C15H23Cl2SiZr. The van der Waals surface area contributed by atoms with Crippen LogP contribution < -0.4 is 24.8 Å². The number of rotatable bonds is 3. The van der Waals surface area contributed by atoms with E-state index in [-0.39, 0.29) is 24.8 Å². The van der Waals surface area contributed by atoms with Crippen molar-refractivity contribution in [2.75, 3.05) is 0 Å². The minimum Gasteiger partial charge on any atom is -1.00 e. The molecule has 0 saturated carbocycles. The van der Waals surface area contributed by atoms with Gasteiger partial charge in [-0.2, -0.15) is 0 Å². The molecule has 0 N–H and O–H groups in total. The molecule has 0 heterocycles. The standard InChI is InChI=1S/C7H9.C6H7.C2H7Si.2ClH.Zr/c1-6-4-3-5-7(6)2;1-6-4-2-3-5-6;1-3-2;;;/h4H,3H2,1-2H3;2,4H,3H2,1H3;3H,1-2H3;2*1H;/q;;;;;+2/p-2. The zero-order chi connectivity index (χ0) is 12.6. The molecule has 0 amide bonds. The molecule has 0 nitrogen and oxygen atoms in total. The van der Waals surface area contributed by atoms with E-state index in [2.05, 4.69) is 52.1 Å². The second kappa shape index (κ2) is 8.17. The maximum atomic E-state index is 2.58. The molecule has 0 atom stereocenters. The van der Waals surface area contributed by atoms with Crippen molar-refractivity contribution in [3.8, 4) is 0 Å². The first-order chi connectivity index (χ1) is 8.02. The van der Waals surface area contributed by atoms with E-state index in [0.717, 1.165) is 0 Å². The van der Waals surface area contributed by atoms with Crippen molar-refractivity contribution in [1.82, 2.24) is 0 Å². The minimum atomic E-state index is -1.44. The molecule has 19 heavy (non-hydrogen) atoms. The molecule has 0 aliphatic heterocycles. The average molecular weight is 394 g/mol. The van der Waals surface area contributed by atoms with Gasteiger partial charge in [-0.15, -0.1) is 0 Å². The van der Waals surface area contributed by atoms with Crippen molar-refractivity contribution in [2.24, 2.45) is 0 Å². The van der Waals surface area contributed by atoms with Gasteiger partial charge in [-0.1, -0.05) is 0 Å². The maximum Gasteiger partial charge on any atom is -1.00 e. The Hall–Kier alpha value is 0.640. The molecule has 4 heteroatoms. The Morgan fingerprint density at radius 2 is 1.63 bits per heavy atom. The van der Waals surface area contributed by atoms with Gasteiger partial charge in [0.2, 0.25) is 0 Å². The number of halogens is 2. The Bertz CT molecular complexity index is 459. The normalized spacial score (nSPS) is 17.7. The largest absolute Gasteiger partial charge is 1.00 e. The van der Waals surface area contributed by atoms with Gasteiger partial charge in [0.15, 0.2) is 0 Å². The van der Waals surface area contributed by atoms with Gasteiger partial charge in [0, 0.05) is 0 Å². The smallest absolute Gasteiger partial charge is 1.00 e. The molecule has 0 saturated heterocycles.